The number of hydrogen-bond donors (Lipinski definition) is 1. The Bertz CT molecular complexity index is 1480. The van der Waals surface area contributed by atoms with Crippen LogP contribution in [0, 0.1) is 12.8 Å². The van der Waals surface area contributed by atoms with Crippen LogP contribution < -0.4 is 9.64 Å². The highest BCUT2D eigenvalue weighted by Gasteiger charge is 2.38. The van der Waals surface area contributed by atoms with Crippen molar-refractivity contribution in [1.82, 2.24) is 15.0 Å². The Labute approximate surface area is 228 Å². The molecular formula is C29H27F3N4O4. The summed E-state index contributed by atoms with van der Waals surface area (Å²) in [5.41, 5.74) is 1.34. The summed E-state index contributed by atoms with van der Waals surface area (Å²) in [4.78, 5) is 26.0. The van der Waals surface area contributed by atoms with Gasteiger partial charge < -0.3 is 19.2 Å². The minimum atomic E-state index is -4.60. The third kappa shape index (κ3) is 6.08. The number of halogens is 3. The van der Waals surface area contributed by atoms with Gasteiger partial charge >= 0.3 is 12.1 Å². The molecule has 8 nitrogen and oxygen atoms in total. The SMILES string of the molecule is Cc1oc(-c2ccccc2)nc1CCOc1cccc([C@@H]2CN(c3nccc(C(F)(F)F)n3)CC[C@@H]2C(=O)O)c1. The van der Waals surface area contributed by atoms with E-state index >= 15 is 0 Å². The number of aromatic nitrogens is 3. The summed E-state index contributed by atoms with van der Waals surface area (Å²) in [5.74, 6) is -0.448. The molecule has 0 aliphatic carbocycles. The number of piperidine rings is 1. The second-order valence-corrected chi connectivity index (χ2v) is 9.58. The topological polar surface area (TPSA) is 102 Å². The molecule has 40 heavy (non-hydrogen) atoms. The zero-order valence-electron chi connectivity index (χ0n) is 21.6. The highest BCUT2D eigenvalue weighted by atomic mass is 19.4. The third-order valence-corrected chi connectivity index (χ3v) is 6.95. The van der Waals surface area contributed by atoms with Crippen LogP contribution in [0.15, 0.2) is 71.3 Å². The normalized spacial score (nSPS) is 17.6. The molecule has 1 aliphatic heterocycles. The summed E-state index contributed by atoms with van der Waals surface area (Å²) < 4.78 is 51.4. The minimum Gasteiger partial charge on any atom is -0.493 e. The van der Waals surface area contributed by atoms with E-state index in [0.29, 0.717) is 36.0 Å². The molecule has 208 valence electrons. The smallest absolute Gasteiger partial charge is 0.433 e. The maximum Gasteiger partial charge on any atom is 0.433 e. The van der Waals surface area contributed by atoms with Crippen molar-refractivity contribution < 1.29 is 32.2 Å². The number of aryl methyl sites for hydroxylation is 1. The van der Waals surface area contributed by atoms with E-state index in [0.717, 1.165) is 23.5 Å². The number of hydrogen-bond acceptors (Lipinski definition) is 7. The molecule has 0 spiro atoms. The number of carboxylic acid groups (broad SMARTS) is 1. The van der Waals surface area contributed by atoms with Crippen molar-refractivity contribution in [2.24, 2.45) is 5.92 Å². The van der Waals surface area contributed by atoms with E-state index < -0.39 is 29.7 Å². The summed E-state index contributed by atoms with van der Waals surface area (Å²) in [5, 5.41) is 9.88. The predicted octanol–water partition coefficient (Wildman–Crippen LogP) is 5.78. The number of carbonyl (C=O) groups is 1. The minimum absolute atomic E-state index is 0.0751. The fraction of sp³-hybridized carbons (Fsp3) is 0.310. The zero-order valence-corrected chi connectivity index (χ0v) is 21.6. The number of anilines is 1. The van der Waals surface area contributed by atoms with E-state index in [1.165, 1.54) is 0 Å². The van der Waals surface area contributed by atoms with Gasteiger partial charge in [0.1, 0.15) is 17.2 Å². The van der Waals surface area contributed by atoms with Crippen LogP contribution in [0.5, 0.6) is 5.75 Å². The van der Waals surface area contributed by atoms with Crippen molar-refractivity contribution in [3.8, 4) is 17.2 Å². The molecule has 5 rings (SSSR count). The second kappa shape index (κ2) is 11.4. The molecular weight excluding hydrogens is 525 g/mol. The van der Waals surface area contributed by atoms with Gasteiger partial charge in [-0.15, -0.1) is 0 Å². The van der Waals surface area contributed by atoms with Crippen LogP contribution in [-0.4, -0.2) is 45.7 Å². The number of carboxylic acids is 1. The highest BCUT2D eigenvalue weighted by molar-refractivity contribution is 5.72. The molecule has 1 aliphatic rings. The summed E-state index contributed by atoms with van der Waals surface area (Å²) >= 11 is 0. The van der Waals surface area contributed by atoms with E-state index in [9.17, 15) is 23.1 Å². The maximum atomic E-state index is 13.2. The number of rotatable bonds is 8. The summed E-state index contributed by atoms with van der Waals surface area (Å²) in [6, 6.07) is 17.5. The van der Waals surface area contributed by atoms with E-state index in [1.807, 2.05) is 37.3 Å². The second-order valence-electron chi connectivity index (χ2n) is 9.58. The third-order valence-electron chi connectivity index (χ3n) is 6.95. The van der Waals surface area contributed by atoms with Gasteiger partial charge in [0, 0.05) is 37.2 Å². The molecule has 0 unspecified atom stereocenters. The van der Waals surface area contributed by atoms with Crippen molar-refractivity contribution >= 4 is 11.9 Å². The van der Waals surface area contributed by atoms with Crippen LogP contribution in [-0.2, 0) is 17.4 Å². The monoisotopic (exact) mass is 552 g/mol. The molecule has 1 N–H and O–H groups in total. The Kier molecular flexibility index (Phi) is 7.72. The van der Waals surface area contributed by atoms with E-state index in [-0.39, 0.29) is 25.5 Å². The van der Waals surface area contributed by atoms with Crippen molar-refractivity contribution in [3.63, 3.8) is 0 Å². The molecule has 0 bridgehead atoms. The lowest BCUT2D eigenvalue weighted by atomic mass is 9.80. The van der Waals surface area contributed by atoms with Gasteiger partial charge in [0.05, 0.1) is 18.2 Å². The van der Waals surface area contributed by atoms with Gasteiger partial charge in [0.25, 0.3) is 0 Å². The number of oxazole rings is 1. The van der Waals surface area contributed by atoms with Gasteiger partial charge in [0.15, 0.2) is 0 Å². The van der Waals surface area contributed by atoms with Crippen LogP contribution in [0.2, 0.25) is 0 Å². The Morgan fingerprint density at radius 1 is 1.12 bits per heavy atom. The molecule has 0 amide bonds. The molecule has 1 saturated heterocycles. The lowest BCUT2D eigenvalue weighted by molar-refractivity contribution is -0.143. The van der Waals surface area contributed by atoms with Crippen LogP contribution in [0.1, 0.15) is 35.1 Å². The van der Waals surface area contributed by atoms with Crippen LogP contribution in [0.3, 0.4) is 0 Å². The lowest BCUT2D eigenvalue weighted by Gasteiger charge is -2.37. The van der Waals surface area contributed by atoms with E-state index in [1.54, 1.807) is 29.2 Å². The average Bonchev–Trinajstić information content (AvgIpc) is 3.33. The van der Waals surface area contributed by atoms with Gasteiger partial charge in [0.2, 0.25) is 11.8 Å². The van der Waals surface area contributed by atoms with Gasteiger partial charge in [-0.3, -0.25) is 4.79 Å². The number of ether oxygens (including phenoxy) is 1. The molecule has 11 heteroatoms. The van der Waals surface area contributed by atoms with Gasteiger partial charge in [-0.25, -0.2) is 15.0 Å². The lowest BCUT2D eigenvalue weighted by Crippen LogP contribution is -2.43. The molecule has 0 saturated carbocycles. The first-order valence-corrected chi connectivity index (χ1v) is 12.8. The van der Waals surface area contributed by atoms with Crippen molar-refractivity contribution in [2.75, 3.05) is 24.6 Å². The molecule has 2 aromatic carbocycles. The number of benzene rings is 2. The fourth-order valence-electron chi connectivity index (χ4n) is 4.89. The summed E-state index contributed by atoms with van der Waals surface area (Å²) in [6.45, 7) is 2.56. The Morgan fingerprint density at radius 2 is 1.93 bits per heavy atom. The quantitative estimate of drug-likeness (QED) is 0.294. The maximum absolute atomic E-state index is 13.2. The first kappa shape index (κ1) is 27.2. The Hall–Kier alpha value is -4.41. The summed E-state index contributed by atoms with van der Waals surface area (Å²) in [6.07, 6.45) is -2.79. The van der Waals surface area contributed by atoms with Crippen LogP contribution in [0.25, 0.3) is 11.5 Å². The van der Waals surface area contributed by atoms with Gasteiger partial charge in [-0.2, -0.15) is 13.2 Å². The van der Waals surface area contributed by atoms with Gasteiger partial charge in [-0.1, -0.05) is 30.3 Å². The fourth-order valence-corrected chi connectivity index (χ4v) is 4.89. The standard InChI is InChI=1S/C29H27F3N4O4/c1-18-24(34-26(40-18)19-6-3-2-4-7-19)12-15-39-21-9-5-8-20(16-21)23-17-36(14-11-22(23)27(37)38)28-33-13-10-25(35-28)29(30,31)32/h2-10,13,16,22-23H,11-12,14-15,17H2,1H3,(H,37,38)/t22-,23-/m0/s1. The molecule has 1 fully saturated rings. The number of alkyl halides is 3. The molecule has 4 aromatic rings. The molecule has 3 heterocycles. The number of aliphatic carboxylic acids is 1. The molecule has 0 radical (unpaired) electrons. The van der Waals surface area contributed by atoms with Crippen LogP contribution in [0.4, 0.5) is 19.1 Å². The first-order chi connectivity index (χ1) is 19.2. The average molecular weight is 553 g/mol. The largest absolute Gasteiger partial charge is 0.493 e. The first-order valence-electron chi connectivity index (χ1n) is 12.8. The Morgan fingerprint density at radius 3 is 2.67 bits per heavy atom. The van der Waals surface area contributed by atoms with E-state index in [4.69, 9.17) is 9.15 Å². The zero-order chi connectivity index (χ0) is 28.3. The van der Waals surface area contributed by atoms with Crippen LogP contribution >= 0.6 is 0 Å². The number of nitrogens with zero attached hydrogens (tertiary/aromatic N) is 4. The van der Waals surface area contributed by atoms with E-state index in [2.05, 4.69) is 15.0 Å². The van der Waals surface area contributed by atoms with Gasteiger partial charge in [-0.05, 0) is 49.2 Å². The molecule has 2 aromatic heterocycles. The Balaban J connectivity index is 1.29. The predicted molar refractivity (Wildman–Crippen MR) is 140 cm³/mol. The van der Waals surface area contributed by atoms with Crippen molar-refractivity contribution in [1.29, 1.82) is 0 Å². The summed E-state index contributed by atoms with van der Waals surface area (Å²) in [7, 11) is 0. The van der Waals surface area contributed by atoms with Crippen molar-refractivity contribution in [2.45, 2.75) is 31.9 Å². The molecule has 2 atom stereocenters. The van der Waals surface area contributed by atoms with Crippen molar-refractivity contribution in [3.05, 3.63) is 89.6 Å². The highest BCUT2D eigenvalue weighted by Crippen LogP contribution is 2.36.